The molecule has 3 N–H and O–H groups in total. The molecular weight excluding hydrogens is 471 g/mol. The number of fused-ring (bicyclic) bond motifs is 1. The Morgan fingerprint density at radius 2 is 2.00 bits per heavy atom. The molecule has 2 atom stereocenters. The van der Waals surface area contributed by atoms with Crippen molar-refractivity contribution in [2.24, 2.45) is 0 Å². The molecule has 11 heteroatoms. The topological polar surface area (TPSA) is 109 Å². The summed E-state index contributed by atoms with van der Waals surface area (Å²) in [7, 11) is 1.49. The SMILES string of the molecule is CN/C=C(\C=N)[C@@H]1[C@@H](C(=O)Nc2cc(Cl)cc(C#N)c2)c2ccccc2C(=O)N1CC(F)(F)F. The Kier molecular flexibility index (Phi) is 7.27. The molecule has 0 unspecified atom stereocenters. The first-order valence-corrected chi connectivity index (χ1v) is 10.3. The maximum atomic E-state index is 13.5. The number of halogens is 4. The van der Waals surface area contributed by atoms with Gasteiger partial charge in [0.15, 0.2) is 0 Å². The zero-order chi connectivity index (χ0) is 25.0. The van der Waals surface area contributed by atoms with Gasteiger partial charge in [0.05, 0.1) is 23.6 Å². The lowest BCUT2D eigenvalue weighted by Crippen LogP contribution is -2.55. The highest BCUT2D eigenvalue weighted by molar-refractivity contribution is 6.31. The third kappa shape index (κ3) is 5.21. The molecule has 3 rings (SSSR count). The largest absolute Gasteiger partial charge is 0.406 e. The average molecular weight is 490 g/mol. The quantitative estimate of drug-likeness (QED) is 0.531. The van der Waals surface area contributed by atoms with Gasteiger partial charge in [0, 0.05) is 41.3 Å². The normalized spacial score (nSPS) is 18.1. The first-order valence-electron chi connectivity index (χ1n) is 9.95. The molecule has 0 radical (unpaired) electrons. The van der Waals surface area contributed by atoms with Crippen molar-refractivity contribution in [2.75, 3.05) is 18.9 Å². The lowest BCUT2D eigenvalue weighted by molar-refractivity contribution is -0.146. The highest BCUT2D eigenvalue weighted by atomic mass is 35.5. The Balaban J connectivity index is 2.18. The second-order valence-corrected chi connectivity index (χ2v) is 7.90. The van der Waals surface area contributed by atoms with Crippen LogP contribution in [0.1, 0.15) is 27.4 Å². The van der Waals surface area contributed by atoms with Crippen LogP contribution in [0.25, 0.3) is 0 Å². The molecule has 0 fully saturated rings. The molecule has 34 heavy (non-hydrogen) atoms. The second-order valence-electron chi connectivity index (χ2n) is 7.46. The number of benzene rings is 2. The van der Waals surface area contributed by atoms with Crippen molar-refractivity contribution in [1.29, 1.82) is 10.7 Å². The predicted molar refractivity (Wildman–Crippen MR) is 121 cm³/mol. The van der Waals surface area contributed by atoms with E-state index in [1.54, 1.807) is 6.07 Å². The van der Waals surface area contributed by atoms with E-state index >= 15 is 0 Å². The standard InChI is InChI=1S/C23H19ClF3N5O2/c1-30-11-14(10-29)20-19(21(33)31-16-7-13(9-28)6-15(24)8-16)17-4-2-3-5-18(17)22(34)32(20)12-23(25,26)27/h2-8,10-11,19-20,29-30H,12H2,1H3,(H,31,33)/b14-11+,29-10?/t19-,20+/m0/s1. The monoisotopic (exact) mass is 489 g/mol. The molecule has 1 heterocycles. The van der Waals surface area contributed by atoms with Crippen molar-refractivity contribution in [2.45, 2.75) is 18.1 Å². The van der Waals surface area contributed by atoms with Crippen LogP contribution in [0.2, 0.25) is 5.02 Å². The number of amides is 2. The first kappa shape index (κ1) is 24.8. The van der Waals surface area contributed by atoms with Crippen LogP contribution in [-0.2, 0) is 4.79 Å². The number of carbonyl (C=O) groups excluding carboxylic acids is 2. The fourth-order valence-electron chi connectivity index (χ4n) is 3.94. The summed E-state index contributed by atoms with van der Waals surface area (Å²) in [6, 6.07) is 10.6. The summed E-state index contributed by atoms with van der Waals surface area (Å²) in [4.78, 5) is 27.2. The number of rotatable bonds is 6. The molecular formula is C23H19ClF3N5O2. The van der Waals surface area contributed by atoms with Crippen LogP contribution >= 0.6 is 11.6 Å². The van der Waals surface area contributed by atoms with Crippen LogP contribution in [0.3, 0.4) is 0 Å². The maximum absolute atomic E-state index is 13.5. The minimum absolute atomic E-state index is 0.00133. The van der Waals surface area contributed by atoms with Gasteiger partial charge in [0.2, 0.25) is 5.91 Å². The van der Waals surface area contributed by atoms with Crippen LogP contribution in [0.5, 0.6) is 0 Å². The number of nitrogens with zero attached hydrogens (tertiary/aromatic N) is 2. The average Bonchev–Trinajstić information content (AvgIpc) is 2.78. The van der Waals surface area contributed by atoms with Crippen LogP contribution in [0.15, 0.2) is 54.2 Å². The number of hydrogen-bond donors (Lipinski definition) is 3. The Bertz CT molecular complexity index is 1210. The van der Waals surface area contributed by atoms with Gasteiger partial charge in [-0.15, -0.1) is 0 Å². The van der Waals surface area contributed by atoms with Gasteiger partial charge < -0.3 is 20.9 Å². The first-order chi connectivity index (χ1) is 16.1. The summed E-state index contributed by atoms with van der Waals surface area (Å²) in [5.41, 5.74) is 0.519. The van der Waals surface area contributed by atoms with Gasteiger partial charge >= 0.3 is 6.18 Å². The fraction of sp³-hybridized carbons (Fsp3) is 0.217. The zero-order valence-corrected chi connectivity index (χ0v) is 18.5. The second kappa shape index (κ2) is 9.97. The van der Waals surface area contributed by atoms with Gasteiger partial charge in [-0.2, -0.15) is 18.4 Å². The molecule has 1 aliphatic rings. The van der Waals surface area contributed by atoms with Crippen molar-refractivity contribution in [3.63, 3.8) is 0 Å². The summed E-state index contributed by atoms with van der Waals surface area (Å²) in [5, 5.41) is 22.4. The van der Waals surface area contributed by atoms with Gasteiger partial charge in [-0.05, 0) is 29.8 Å². The van der Waals surface area contributed by atoms with Crippen molar-refractivity contribution in [3.8, 4) is 6.07 Å². The van der Waals surface area contributed by atoms with Gasteiger partial charge in [-0.25, -0.2) is 0 Å². The van der Waals surface area contributed by atoms with Crippen LogP contribution in [0, 0.1) is 16.7 Å². The summed E-state index contributed by atoms with van der Waals surface area (Å²) >= 11 is 6.01. The molecule has 0 aromatic heterocycles. The van der Waals surface area contributed by atoms with Crippen LogP contribution in [0.4, 0.5) is 18.9 Å². The number of hydrogen-bond acceptors (Lipinski definition) is 5. The number of nitriles is 1. The molecule has 7 nitrogen and oxygen atoms in total. The Hall–Kier alpha value is -3.84. The predicted octanol–water partition coefficient (Wildman–Crippen LogP) is 4.07. The Labute approximate surface area is 198 Å². The molecule has 1 aliphatic heterocycles. The van der Waals surface area contributed by atoms with Crippen LogP contribution < -0.4 is 10.6 Å². The number of nitrogens with one attached hydrogen (secondary N) is 3. The van der Waals surface area contributed by atoms with Gasteiger partial charge in [0.25, 0.3) is 5.91 Å². The van der Waals surface area contributed by atoms with E-state index in [1.165, 1.54) is 49.6 Å². The molecule has 0 aliphatic carbocycles. The fourth-order valence-corrected chi connectivity index (χ4v) is 4.17. The lowest BCUT2D eigenvalue weighted by atomic mass is 9.79. The third-order valence-electron chi connectivity index (χ3n) is 5.18. The molecule has 2 amide bonds. The maximum Gasteiger partial charge on any atom is 0.406 e. The Morgan fingerprint density at radius 3 is 2.62 bits per heavy atom. The van der Waals surface area contributed by atoms with Crippen molar-refractivity contribution < 1.29 is 22.8 Å². The van der Waals surface area contributed by atoms with E-state index in [1.807, 2.05) is 6.07 Å². The summed E-state index contributed by atoms with van der Waals surface area (Å²) in [6.45, 7) is -1.61. The number of carbonyl (C=O) groups is 2. The number of anilines is 1. The zero-order valence-electron chi connectivity index (χ0n) is 17.8. The molecule has 0 saturated heterocycles. The smallest absolute Gasteiger partial charge is 0.394 e. The van der Waals surface area contributed by atoms with Crippen molar-refractivity contribution in [1.82, 2.24) is 10.2 Å². The highest BCUT2D eigenvalue weighted by Crippen LogP contribution is 2.39. The van der Waals surface area contributed by atoms with E-state index < -0.39 is 36.5 Å². The third-order valence-corrected chi connectivity index (χ3v) is 5.40. The Morgan fingerprint density at radius 1 is 1.29 bits per heavy atom. The highest BCUT2D eigenvalue weighted by Gasteiger charge is 2.48. The van der Waals surface area contributed by atoms with Crippen LogP contribution in [-0.4, -0.2) is 48.7 Å². The van der Waals surface area contributed by atoms with Crippen molar-refractivity contribution >= 4 is 35.3 Å². The minimum atomic E-state index is -4.75. The minimum Gasteiger partial charge on any atom is -0.394 e. The van der Waals surface area contributed by atoms with E-state index in [2.05, 4.69) is 10.6 Å². The van der Waals surface area contributed by atoms with E-state index in [0.717, 1.165) is 6.21 Å². The summed E-state index contributed by atoms with van der Waals surface area (Å²) < 4.78 is 40.5. The van der Waals surface area contributed by atoms with E-state index in [9.17, 15) is 22.8 Å². The van der Waals surface area contributed by atoms with Gasteiger partial charge in [-0.1, -0.05) is 29.8 Å². The molecule has 0 bridgehead atoms. The molecule has 0 spiro atoms. The van der Waals surface area contributed by atoms with Gasteiger partial charge in [0.1, 0.15) is 6.54 Å². The summed E-state index contributed by atoms with van der Waals surface area (Å²) in [6.07, 6.45) is -2.67. The molecule has 0 saturated carbocycles. The lowest BCUT2D eigenvalue weighted by Gasteiger charge is -2.42. The summed E-state index contributed by atoms with van der Waals surface area (Å²) in [5.74, 6) is -2.92. The molecule has 176 valence electrons. The van der Waals surface area contributed by atoms with E-state index in [0.29, 0.717) is 4.90 Å². The van der Waals surface area contributed by atoms with E-state index in [-0.39, 0.29) is 33.0 Å². The van der Waals surface area contributed by atoms with E-state index in [4.69, 9.17) is 22.3 Å². The number of alkyl halides is 3. The molecule has 2 aromatic carbocycles. The van der Waals surface area contributed by atoms with Crippen molar-refractivity contribution in [3.05, 3.63) is 76.0 Å². The molecule has 2 aromatic rings. The van der Waals surface area contributed by atoms with Gasteiger partial charge in [-0.3, -0.25) is 9.59 Å².